The normalized spacial score (nSPS) is 26.5. The van der Waals surface area contributed by atoms with E-state index in [9.17, 15) is 9.59 Å². The van der Waals surface area contributed by atoms with Crippen molar-refractivity contribution in [1.82, 2.24) is 0 Å². The van der Waals surface area contributed by atoms with Gasteiger partial charge in [0, 0.05) is 0 Å². The molecule has 2 aliphatic rings. The molecule has 2 aliphatic carbocycles. The van der Waals surface area contributed by atoms with Crippen molar-refractivity contribution in [1.29, 1.82) is 0 Å². The van der Waals surface area contributed by atoms with Crippen LogP contribution in [0.1, 0.15) is 12.8 Å². The number of hydrogen-bond acceptors (Lipinski definition) is 4. The maximum absolute atomic E-state index is 11.9. The Labute approximate surface area is 117 Å². The molecular formula is C16H16O4. The number of fused-ring (bicyclic) bond motifs is 2. The first kappa shape index (κ1) is 12.9. The van der Waals surface area contributed by atoms with E-state index in [4.69, 9.17) is 9.47 Å². The SMILES string of the molecule is O=C(COC(=O)C1CC2C=CC1C2)Oc1ccccc1. The van der Waals surface area contributed by atoms with Gasteiger partial charge in [0.2, 0.25) is 0 Å². The summed E-state index contributed by atoms with van der Waals surface area (Å²) in [6.45, 7) is -0.328. The van der Waals surface area contributed by atoms with Crippen molar-refractivity contribution in [3.8, 4) is 5.75 Å². The summed E-state index contributed by atoms with van der Waals surface area (Å²) in [5.74, 6) is 0.326. The molecule has 0 saturated heterocycles. The molecule has 104 valence electrons. The van der Waals surface area contributed by atoms with Gasteiger partial charge < -0.3 is 9.47 Å². The Morgan fingerprint density at radius 2 is 1.90 bits per heavy atom. The molecule has 0 spiro atoms. The lowest BCUT2D eigenvalue weighted by molar-refractivity contribution is -0.157. The van der Waals surface area contributed by atoms with Gasteiger partial charge in [0.25, 0.3) is 0 Å². The van der Waals surface area contributed by atoms with Crippen molar-refractivity contribution in [2.45, 2.75) is 12.8 Å². The minimum Gasteiger partial charge on any atom is -0.453 e. The van der Waals surface area contributed by atoms with Crippen LogP contribution < -0.4 is 4.74 Å². The highest BCUT2D eigenvalue weighted by Crippen LogP contribution is 2.43. The van der Waals surface area contributed by atoms with Crippen LogP contribution in [-0.2, 0) is 14.3 Å². The van der Waals surface area contributed by atoms with Crippen LogP contribution in [0.3, 0.4) is 0 Å². The number of rotatable bonds is 4. The summed E-state index contributed by atoms with van der Waals surface area (Å²) in [6.07, 6.45) is 6.13. The molecule has 0 aliphatic heterocycles. The van der Waals surface area contributed by atoms with E-state index < -0.39 is 5.97 Å². The maximum atomic E-state index is 11.9. The largest absolute Gasteiger partial charge is 0.453 e. The fourth-order valence-electron chi connectivity index (χ4n) is 2.94. The summed E-state index contributed by atoms with van der Waals surface area (Å²) < 4.78 is 10.1. The van der Waals surface area contributed by atoms with Gasteiger partial charge in [-0.2, -0.15) is 0 Å². The molecule has 4 nitrogen and oxygen atoms in total. The third kappa shape index (κ3) is 2.74. The molecule has 0 aromatic heterocycles. The first-order valence-corrected chi connectivity index (χ1v) is 6.83. The molecule has 0 amide bonds. The molecule has 3 rings (SSSR count). The Morgan fingerprint density at radius 1 is 1.10 bits per heavy atom. The zero-order chi connectivity index (χ0) is 13.9. The van der Waals surface area contributed by atoms with Gasteiger partial charge in [-0.05, 0) is 36.8 Å². The van der Waals surface area contributed by atoms with Crippen molar-refractivity contribution < 1.29 is 19.1 Å². The number of para-hydroxylation sites is 1. The van der Waals surface area contributed by atoms with E-state index in [1.54, 1.807) is 24.3 Å². The van der Waals surface area contributed by atoms with Crippen LogP contribution in [0.15, 0.2) is 42.5 Å². The van der Waals surface area contributed by atoms with Crippen LogP contribution in [0.5, 0.6) is 5.75 Å². The summed E-state index contributed by atoms with van der Waals surface area (Å²) in [5.41, 5.74) is 0. The molecule has 0 heterocycles. The fourth-order valence-corrected chi connectivity index (χ4v) is 2.94. The second-order valence-corrected chi connectivity index (χ2v) is 5.28. The van der Waals surface area contributed by atoms with Crippen molar-refractivity contribution >= 4 is 11.9 Å². The lowest BCUT2D eigenvalue weighted by Crippen LogP contribution is -2.25. The highest BCUT2D eigenvalue weighted by atomic mass is 16.6. The first-order chi connectivity index (χ1) is 9.72. The van der Waals surface area contributed by atoms with Crippen molar-refractivity contribution in [3.05, 3.63) is 42.5 Å². The van der Waals surface area contributed by atoms with E-state index in [2.05, 4.69) is 12.2 Å². The van der Waals surface area contributed by atoms with Gasteiger partial charge in [0.1, 0.15) is 5.75 Å². The molecule has 1 fully saturated rings. The van der Waals surface area contributed by atoms with E-state index >= 15 is 0 Å². The number of carbonyl (C=O) groups excluding carboxylic acids is 2. The minimum absolute atomic E-state index is 0.0884. The van der Waals surface area contributed by atoms with Crippen LogP contribution in [-0.4, -0.2) is 18.5 Å². The number of ether oxygens (including phenoxy) is 2. The van der Waals surface area contributed by atoms with Gasteiger partial charge >= 0.3 is 11.9 Å². The van der Waals surface area contributed by atoms with Gasteiger partial charge in [0.15, 0.2) is 6.61 Å². The average Bonchev–Trinajstić information content (AvgIpc) is 3.08. The molecule has 4 heteroatoms. The summed E-state index contributed by atoms with van der Waals surface area (Å²) in [5, 5.41) is 0. The van der Waals surface area contributed by atoms with Gasteiger partial charge in [-0.1, -0.05) is 30.4 Å². The third-order valence-corrected chi connectivity index (χ3v) is 3.89. The van der Waals surface area contributed by atoms with Crippen LogP contribution in [0.25, 0.3) is 0 Å². The summed E-state index contributed by atoms with van der Waals surface area (Å²) in [6, 6.07) is 8.74. The fraction of sp³-hybridized carbons (Fsp3) is 0.375. The molecule has 3 atom stereocenters. The van der Waals surface area contributed by atoms with Gasteiger partial charge in [0.05, 0.1) is 5.92 Å². The number of hydrogen-bond donors (Lipinski definition) is 0. The maximum Gasteiger partial charge on any atom is 0.349 e. The summed E-state index contributed by atoms with van der Waals surface area (Å²) in [4.78, 5) is 23.5. The predicted octanol–water partition coefficient (Wildman–Crippen LogP) is 2.35. The predicted molar refractivity (Wildman–Crippen MR) is 71.9 cm³/mol. The van der Waals surface area contributed by atoms with E-state index in [-0.39, 0.29) is 24.4 Å². The molecule has 0 radical (unpaired) electrons. The smallest absolute Gasteiger partial charge is 0.349 e. The highest BCUT2D eigenvalue weighted by molar-refractivity contribution is 5.79. The molecule has 1 aromatic carbocycles. The monoisotopic (exact) mass is 272 g/mol. The van der Waals surface area contributed by atoms with Crippen molar-refractivity contribution in [3.63, 3.8) is 0 Å². The van der Waals surface area contributed by atoms with Crippen LogP contribution in [0.4, 0.5) is 0 Å². The lowest BCUT2D eigenvalue weighted by atomic mass is 9.94. The second-order valence-electron chi connectivity index (χ2n) is 5.28. The van der Waals surface area contributed by atoms with E-state index in [0.717, 1.165) is 12.8 Å². The van der Waals surface area contributed by atoms with Crippen LogP contribution >= 0.6 is 0 Å². The van der Waals surface area contributed by atoms with Crippen molar-refractivity contribution in [2.75, 3.05) is 6.61 Å². The molecule has 0 N–H and O–H groups in total. The topological polar surface area (TPSA) is 52.6 Å². The van der Waals surface area contributed by atoms with Crippen LogP contribution in [0.2, 0.25) is 0 Å². The molecular weight excluding hydrogens is 256 g/mol. The summed E-state index contributed by atoms with van der Waals surface area (Å²) in [7, 11) is 0. The summed E-state index contributed by atoms with van der Waals surface area (Å²) >= 11 is 0. The van der Waals surface area contributed by atoms with E-state index in [1.165, 1.54) is 0 Å². The molecule has 1 aromatic rings. The average molecular weight is 272 g/mol. The number of esters is 2. The molecule has 2 bridgehead atoms. The Hall–Kier alpha value is -2.10. The zero-order valence-corrected chi connectivity index (χ0v) is 11.0. The van der Waals surface area contributed by atoms with Gasteiger partial charge in [-0.15, -0.1) is 0 Å². The zero-order valence-electron chi connectivity index (χ0n) is 11.0. The van der Waals surface area contributed by atoms with Gasteiger partial charge in [-0.25, -0.2) is 4.79 Å². The standard InChI is InChI=1S/C16H16O4/c17-15(20-13-4-2-1-3-5-13)10-19-16(18)14-9-11-6-7-12(14)8-11/h1-7,11-12,14H,8-10H2. The van der Waals surface area contributed by atoms with Gasteiger partial charge in [-0.3, -0.25) is 4.79 Å². The highest BCUT2D eigenvalue weighted by Gasteiger charge is 2.40. The number of allylic oxidation sites excluding steroid dienone is 2. The second kappa shape index (κ2) is 5.49. The molecule has 1 saturated carbocycles. The lowest BCUT2D eigenvalue weighted by Gasteiger charge is -2.16. The Morgan fingerprint density at radius 3 is 2.55 bits per heavy atom. The first-order valence-electron chi connectivity index (χ1n) is 6.83. The van der Waals surface area contributed by atoms with Crippen molar-refractivity contribution in [2.24, 2.45) is 17.8 Å². The van der Waals surface area contributed by atoms with E-state index in [0.29, 0.717) is 11.7 Å². The number of carbonyl (C=O) groups is 2. The Bertz CT molecular complexity index is 535. The Kier molecular flexibility index (Phi) is 3.54. The van der Waals surface area contributed by atoms with Crippen LogP contribution in [0, 0.1) is 17.8 Å². The Balaban J connectivity index is 1.46. The minimum atomic E-state index is -0.553. The molecule has 20 heavy (non-hydrogen) atoms. The number of benzene rings is 1. The quantitative estimate of drug-likeness (QED) is 0.479. The van der Waals surface area contributed by atoms with E-state index in [1.807, 2.05) is 6.07 Å². The molecule has 3 unspecified atom stereocenters. The third-order valence-electron chi connectivity index (χ3n) is 3.89.